The van der Waals surface area contributed by atoms with Gasteiger partial charge in [-0.05, 0) is 8.41 Å². The van der Waals surface area contributed by atoms with Crippen LogP contribution in [0.4, 0.5) is 0 Å². The fourth-order valence-corrected chi connectivity index (χ4v) is 1.90. The summed E-state index contributed by atoms with van der Waals surface area (Å²) in [5.74, 6) is 0. The number of hydrogen-bond acceptors (Lipinski definition) is 0. The molecule has 1 N–H and O–H groups in total. The van der Waals surface area contributed by atoms with Crippen molar-refractivity contribution in [2.75, 3.05) is 0 Å². The van der Waals surface area contributed by atoms with Gasteiger partial charge in [-0.2, -0.15) is 28.4 Å². The minimum atomic E-state index is -0.225. The van der Waals surface area contributed by atoms with Crippen LogP contribution in [0.15, 0.2) is 24.4 Å². The van der Waals surface area contributed by atoms with Crippen molar-refractivity contribution in [3.05, 3.63) is 47.8 Å². The topological polar surface area (TPSA) is 15.8 Å². The molecule has 1 heterocycles. The van der Waals surface area contributed by atoms with Crippen molar-refractivity contribution >= 4 is 13.6 Å². The maximum atomic E-state index is 3.18. The van der Waals surface area contributed by atoms with Gasteiger partial charge in [0.2, 0.25) is 0 Å². The fourth-order valence-electron chi connectivity index (χ4n) is 1.10. The van der Waals surface area contributed by atoms with E-state index in [1.54, 1.807) is 0 Å². The molecule has 0 saturated carbocycles. The second-order valence-corrected chi connectivity index (χ2v) is 6.34. The van der Waals surface area contributed by atoms with Crippen molar-refractivity contribution < 1.29 is 51.0 Å². The fraction of sp³-hybridized carbons (Fsp3) is 0.308. The van der Waals surface area contributed by atoms with Gasteiger partial charge in [-0.1, -0.05) is 26.9 Å². The molecule has 0 amide bonds. The van der Waals surface area contributed by atoms with Crippen molar-refractivity contribution in [1.82, 2.24) is 4.98 Å². The van der Waals surface area contributed by atoms with E-state index in [1.165, 1.54) is 16.3 Å². The molecule has 1 nitrogen and oxygen atoms in total. The Balaban J connectivity index is -0.000000215. The maximum absolute atomic E-state index is 3.18. The van der Waals surface area contributed by atoms with Gasteiger partial charge in [-0.15, -0.1) is 12.4 Å². The molecular formula is C13H17Cl2NSiZr. The Morgan fingerprint density at radius 1 is 1.17 bits per heavy atom. The van der Waals surface area contributed by atoms with Crippen molar-refractivity contribution in [2.45, 2.75) is 26.9 Å². The summed E-state index contributed by atoms with van der Waals surface area (Å²) in [6, 6.07) is 0. The normalized spacial score (nSPS) is 10.6. The Morgan fingerprint density at radius 2 is 1.78 bits per heavy atom. The number of H-pyrrole nitrogens is 1. The zero-order chi connectivity index (χ0) is 11.3. The van der Waals surface area contributed by atoms with Gasteiger partial charge in [0.1, 0.15) is 0 Å². The number of hydrogen-bond donors (Lipinski definition) is 1. The van der Waals surface area contributed by atoms with E-state index in [-0.39, 0.29) is 59.4 Å². The molecule has 1 aliphatic carbocycles. The molecule has 1 aliphatic rings. The molecule has 2 rings (SSSR count). The largest absolute Gasteiger partial charge is 4.00 e. The van der Waals surface area contributed by atoms with Crippen LogP contribution < -0.4 is 24.8 Å². The van der Waals surface area contributed by atoms with Gasteiger partial charge in [-0.25, -0.2) is 12.2 Å². The summed E-state index contributed by atoms with van der Waals surface area (Å²) in [4.78, 5) is 2.87. The third-order valence-corrected chi connectivity index (χ3v) is 3.66. The summed E-state index contributed by atoms with van der Waals surface area (Å²) >= 11 is 0. The van der Waals surface area contributed by atoms with Crippen LogP contribution in [-0.2, 0) is 26.2 Å². The standard InChI is InChI=1S/C7H9Si.C6H8N.2ClH.Zr/c1-8(2)7-5-3-4-6-7;1-5-3-7-4-6(5)2;;;/h3-5H,1-2H3;3,7H,1-2H3;2*1H;/q2*-1;;;+4/p-2. The summed E-state index contributed by atoms with van der Waals surface area (Å²) in [7, 11) is -0.225. The summed E-state index contributed by atoms with van der Waals surface area (Å²) in [5, 5.41) is 1.41. The van der Waals surface area contributed by atoms with Gasteiger partial charge in [0.15, 0.2) is 0 Å². The molecule has 18 heavy (non-hydrogen) atoms. The van der Waals surface area contributed by atoms with E-state index < -0.39 is 0 Å². The molecule has 0 bridgehead atoms. The van der Waals surface area contributed by atoms with E-state index in [9.17, 15) is 0 Å². The van der Waals surface area contributed by atoms with Crippen LogP contribution >= 0.6 is 0 Å². The number of halogens is 2. The minimum absolute atomic E-state index is 0. The second kappa shape index (κ2) is 12.3. The summed E-state index contributed by atoms with van der Waals surface area (Å²) in [6.07, 6.45) is 14.2. The monoisotopic (exact) mass is 375 g/mol. The van der Waals surface area contributed by atoms with Crippen LogP contribution in [0.3, 0.4) is 0 Å². The van der Waals surface area contributed by atoms with E-state index in [2.05, 4.69) is 43.4 Å². The zero-order valence-corrected chi connectivity index (χ0v) is 16.0. The predicted octanol–water partition coefficient (Wildman–Crippen LogP) is -3.14. The van der Waals surface area contributed by atoms with Gasteiger partial charge in [0.05, 0.1) is 0 Å². The molecule has 0 radical (unpaired) electrons. The first-order chi connectivity index (χ1) is 7.11. The van der Waals surface area contributed by atoms with E-state index in [1.807, 2.05) is 25.3 Å². The molecule has 1 aromatic rings. The van der Waals surface area contributed by atoms with E-state index in [0.717, 1.165) is 0 Å². The zero-order valence-electron chi connectivity index (χ0n) is 11.1. The van der Waals surface area contributed by atoms with Crippen molar-refractivity contribution in [3.8, 4) is 0 Å². The molecule has 1 aromatic heterocycles. The molecule has 0 atom stereocenters. The Morgan fingerprint density at radius 3 is 1.94 bits per heavy atom. The first-order valence-corrected chi connectivity index (χ1v) is 7.57. The molecule has 0 spiro atoms. The molecule has 0 fully saturated rings. The van der Waals surface area contributed by atoms with Gasteiger partial charge in [0.25, 0.3) is 0 Å². The van der Waals surface area contributed by atoms with Crippen LogP contribution in [0.2, 0.25) is 13.1 Å². The molecule has 0 aliphatic heterocycles. The number of aryl methyl sites for hydroxylation is 2. The molecule has 0 aromatic carbocycles. The van der Waals surface area contributed by atoms with Crippen molar-refractivity contribution in [2.24, 2.45) is 0 Å². The number of rotatable bonds is 0. The van der Waals surface area contributed by atoms with Crippen molar-refractivity contribution in [1.29, 1.82) is 0 Å². The molecule has 5 heteroatoms. The summed E-state index contributed by atoms with van der Waals surface area (Å²) < 4.78 is 0. The van der Waals surface area contributed by atoms with Crippen molar-refractivity contribution in [3.63, 3.8) is 0 Å². The Bertz CT molecular complexity index is 388. The number of aromatic nitrogens is 1. The van der Waals surface area contributed by atoms with Crippen LogP contribution in [-0.4, -0.2) is 18.6 Å². The molecular weight excluding hydrogens is 360 g/mol. The number of allylic oxidation sites excluding steroid dienone is 4. The van der Waals surface area contributed by atoms with Gasteiger partial charge in [0, 0.05) is 0 Å². The third-order valence-electron chi connectivity index (χ3n) is 2.28. The minimum Gasteiger partial charge on any atom is -1.00 e. The van der Waals surface area contributed by atoms with Crippen LogP contribution in [0, 0.1) is 26.1 Å². The molecule has 0 unspecified atom stereocenters. The number of nitrogens with one attached hydrogen (secondary N) is 1. The van der Waals surface area contributed by atoms with Gasteiger partial charge >= 0.3 is 26.2 Å². The van der Waals surface area contributed by atoms with Gasteiger partial charge in [-0.3, -0.25) is 0 Å². The second-order valence-electron chi connectivity index (χ2n) is 3.81. The molecule has 0 saturated heterocycles. The van der Waals surface area contributed by atoms with E-state index in [0.29, 0.717) is 0 Å². The van der Waals surface area contributed by atoms with Crippen LogP contribution in [0.25, 0.3) is 0 Å². The molecule has 96 valence electrons. The first-order valence-electron chi connectivity index (χ1n) is 5.07. The quantitative estimate of drug-likeness (QED) is 0.363. The van der Waals surface area contributed by atoms with Gasteiger partial charge < -0.3 is 29.8 Å². The number of aromatic amines is 1. The Labute approximate surface area is 143 Å². The summed E-state index contributed by atoms with van der Waals surface area (Å²) in [6.45, 7) is 8.64. The third kappa shape index (κ3) is 8.42. The smallest absolute Gasteiger partial charge is 1.00 e. The average molecular weight is 378 g/mol. The first kappa shape index (κ1) is 23.4. The SMILES string of the molecule is C[Si](C)=C1[C-]=CC=C1.Cc1[c-][nH]cc1C.[Cl-].[Cl-].[Zr+4]. The average Bonchev–Trinajstić information content (AvgIpc) is 2.80. The van der Waals surface area contributed by atoms with E-state index >= 15 is 0 Å². The predicted molar refractivity (Wildman–Crippen MR) is 68.5 cm³/mol. The maximum Gasteiger partial charge on any atom is 4.00 e. The van der Waals surface area contributed by atoms with Crippen LogP contribution in [0.5, 0.6) is 0 Å². The summed E-state index contributed by atoms with van der Waals surface area (Å²) in [5.41, 5.74) is 2.49. The Kier molecular flexibility index (Phi) is 16.1. The van der Waals surface area contributed by atoms with E-state index in [4.69, 9.17) is 0 Å². The van der Waals surface area contributed by atoms with Crippen LogP contribution in [0.1, 0.15) is 11.1 Å². The Hall–Kier alpha value is 0.310.